The third kappa shape index (κ3) is 10.2. The molecule has 0 fully saturated rings. The summed E-state index contributed by atoms with van der Waals surface area (Å²) in [5, 5.41) is 0. The van der Waals surface area contributed by atoms with Gasteiger partial charge in [-0.2, -0.15) is 0 Å². The van der Waals surface area contributed by atoms with Crippen LogP contribution in [-0.4, -0.2) is 6.21 Å². The molecule has 0 spiro atoms. The van der Waals surface area contributed by atoms with Crippen molar-refractivity contribution in [3.8, 4) is 0 Å². The minimum absolute atomic E-state index is 1.09. The van der Waals surface area contributed by atoms with Crippen LogP contribution in [0.3, 0.4) is 0 Å². The van der Waals surface area contributed by atoms with Crippen molar-refractivity contribution in [2.24, 2.45) is 4.99 Å². The normalized spacial score (nSPS) is 10.6. The van der Waals surface area contributed by atoms with Crippen molar-refractivity contribution in [1.82, 2.24) is 0 Å². The zero-order valence-corrected chi connectivity index (χ0v) is 7.39. The minimum Gasteiger partial charge on any atom is -0.269 e. The largest absolute Gasteiger partial charge is 0.269 e. The molecule has 0 amide bonds. The summed E-state index contributed by atoms with van der Waals surface area (Å²) >= 11 is 0. The van der Waals surface area contributed by atoms with Crippen molar-refractivity contribution in [1.29, 1.82) is 0 Å². The maximum Gasteiger partial charge on any atom is 0.0292 e. The van der Waals surface area contributed by atoms with Crippen LogP contribution >= 0.6 is 0 Å². The molecule has 0 aromatic rings. The van der Waals surface area contributed by atoms with Crippen molar-refractivity contribution in [3.05, 3.63) is 24.4 Å². The molecule has 1 nitrogen and oxygen atoms in total. The molecular formula is C9H17N. The van der Waals surface area contributed by atoms with Gasteiger partial charge in [-0.15, -0.1) is 0 Å². The molecule has 1 heteroatoms. The lowest BCUT2D eigenvalue weighted by Crippen LogP contribution is -1.62. The van der Waals surface area contributed by atoms with Crippen LogP contribution in [0.5, 0.6) is 0 Å². The van der Waals surface area contributed by atoms with Crippen LogP contribution in [0.1, 0.15) is 27.7 Å². The molecule has 0 aromatic heterocycles. The number of aliphatic imine (C=N–C) groups is 1. The molecule has 0 aliphatic heterocycles. The lowest BCUT2D eigenvalue weighted by Gasteiger charge is -1.81. The van der Waals surface area contributed by atoms with Crippen molar-refractivity contribution in [2.45, 2.75) is 27.7 Å². The van der Waals surface area contributed by atoms with Gasteiger partial charge in [0.2, 0.25) is 0 Å². The van der Waals surface area contributed by atoms with Gasteiger partial charge in [-0.25, -0.2) is 0 Å². The highest BCUT2D eigenvalue weighted by Gasteiger charge is 1.71. The maximum atomic E-state index is 3.88. The second kappa shape index (κ2) is 11.0. The summed E-state index contributed by atoms with van der Waals surface area (Å²) in [6.45, 7) is 11.4. The molecule has 0 saturated heterocycles. The van der Waals surface area contributed by atoms with E-state index in [0.29, 0.717) is 0 Å². The summed E-state index contributed by atoms with van der Waals surface area (Å²) in [7, 11) is 0. The molecule has 0 atom stereocenters. The number of nitrogens with zero attached hydrogens (tertiary/aromatic N) is 1. The Morgan fingerprint density at radius 2 is 1.90 bits per heavy atom. The fourth-order valence-electron chi connectivity index (χ4n) is 0.245. The summed E-state index contributed by atoms with van der Waals surface area (Å²) in [6.07, 6.45) is 5.28. The summed E-state index contributed by atoms with van der Waals surface area (Å²) in [4.78, 5) is 3.88. The molecule has 0 bridgehead atoms. The lowest BCUT2D eigenvalue weighted by molar-refractivity contribution is 1.44. The fraction of sp³-hybridized carbons (Fsp3) is 0.444. The van der Waals surface area contributed by atoms with Crippen LogP contribution in [0.4, 0.5) is 0 Å². The van der Waals surface area contributed by atoms with Gasteiger partial charge >= 0.3 is 0 Å². The van der Waals surface area contributed by atoms with Crippen LogP contribution in [0.15, 0.2) is 29.4 Å². The van der Waals surface area contributed by atoms with Gasteiger partial charge in [0.15, 0.2) is 0 Å². The molecule has 0 rings (SSSR count). The first kappa shape index (κ1) is 11.9. The summed E-state index contributed by atoms with van der Waals surface area (Å²) in [5.41, 5.74) is 1.09. The highest BCUT2D eigenvalue weighted by molar-refractivity contribution is 5.54. The third-order valence-electron chi connectivity index (χ3n) is 0.749. The highest BCUT2D eigenvalue weighted by Crippen LogP contribution is 1.90. The Balaban J connectivity index is 0. The molecule has 0 radical (unpaired) electrons. The molecule has 0 aliphatic carbocycles. The monoisotopic (exact) mass is 139 g/mol. The number of allylic oxidation sites excluding steroid dienone is 2. The van der Waals surface area contributed by atoms with Crippen molar-refractivity contribution < 1.29 is 0 Å². The van der Waals surface area contributed by atoms with E-state index in [0.717, 1.165) is 5.57 Å². The van der Waals surface area contributed by atoms with Crippen molar-refractivity contribution in [3.63, 3.8) is 0 Å². The first-order valence-electron chi connectivity index (χ1n) is 3.58. The summed E-state index contributed by atoms with van der Waals surface area (Å²) in [5.74, 6) is 0. The van der Waals surface area contributed by atoms with Gasteiger partial charge in [-0.3, -0.25) is 4.99 Å². The van der Waals surface area contributed by atoms with Gasteiger partial charge < -0.3 is 0 Å². The lowest BCUT2D eigenvalue weighted by atomic mass is 10.3. The first-order chi connectivity index (χ1) is 4.81. The molecular weight excluding hydrogens is 122 g/mol. The minimum atomic E-state index is 1.09. The van der Waals surface area contributed by atoms with Gasteiger partial charge in [0.25, 0.3) is 0 Å². The average molecular weight is 139 g/mol. The van der Waals surface area contributed by atoms with Gasteiger partial charge in [-0.05, 0) is 19.4 Å². The molecule has 0 saturated carbocycles. The predicted molar refractivity (Wildman–Crippen MR) is 49.5 cm³/mol. The van der Waals surface area contributed by atoms with Crippen LogP contribution < -0.4 is 0 Å². The average Bonchev–Trinajstić information content (AvgIpc) is 2.04. The summed E-state index contributed by atoms with van der Waals surface area (Å²) < 4.78 is 0. The standard InChI is InChI=1S/C7H11N.C2H6/c1-4-7(3)6-8-5-2;1-2/h4-6H,1H2,2-3H3;1-2H3/b7-6-,8-5?;. The fourth-order valence-corrected chi connectivity index (χ4v) is 0.245. The quantitative estimate of drug-likeness (QED) is 0.411. The van der Waals surface area contributed by atoms with Crippen LogP contribution in [-0.2, 0) is 0 Å². The van der Waals surface area contributed by atoms with Gasteiger partial charge in [0, 0.05) is 12.4 Å². The number of hydrogen-bond donors (Lipinski definition) is 0. The van der Waals surface area contributed by atoms with Gasteiger partial charge in [0.05, 0.1) is 0 Å². The molecule has 58 valence electrons. The van der Waals surface area contributed by atoms with Crippen LogP contribution in [0.2, 0.25) is 0 Å². The van der Waals surface area contributed by atoms with Crippen LogP contribution in [0, 0.1) is 0 Å². The van der Waals surface area contributed by atoms with E-state index < -0.39 is 0 Å². The Kier molecular flexibility index (Phi) is 13.1. The topological polar surface area (TPSA) is 12.4 Å². The Morgan fingerprint density at radius 1 is 1.40 bits per heavy atom. The SMILES string of the molecule is C=C/C(C)=C\N=CC.CC. The molecule has 0 N–H and O–H groups in total. The maximum absolute atomic E-state index is 3.88. The van der Waals surface area contributed by atoms with E-state index >= 15 is 0 Å². The molecule has 10 heavy (non-hydrogen) atoms. The molecule has 0 aliphatic rings. The molecule has 0 unspecified atom stereocenters. The van der Waals surface area contributed by atoms with Crippen molar-refractivity contribution in [2.75, 3.05) is 0 Å². The Labute approximate surface area is 64.2 Å². The zero-order valence-electron chi connectivity index (χ0n) is 7.39. The van der Waals surface area contributed by atoms with E-state index in [2.05, 4.69) is 11.6 Å². The van der Waals surface area contributed by atoms with E-state index in [9.17, 15) is 0 Å². The smallest absolute Gasteiger partial charge is 0.0292 e. The van der Waals surface area contributed by atoms with E-state index in [1.165, 1.54) is 0 Å². The highest BCUT2D eigenvalue weighted by atomic mass is 14.7. The van der Waals surface area contributed by atoms with Gasteiger partial charge in [0.1, 0.15) is 0 Å². The number of hydrogen-bond acceptors (Lipinski definition) is 1. The van der Waals surface area contributed by atoms with Gasteiger partial charge in [-0.1, -0.05) is 26.5 Å². The second-order valence-electron chi connectivity index (χ2n) is 1.48. The first-order valence-corrected chi connectivity index (χ1v) is 3.58. The molecule has 0 aromatic carbocycles. The number of rotatable bonds is 2. The van der Waals surface area contributed by atoms with Crippen molar-refractivity contribution >= 4 is 6.21 Å². The Morgan fingerprint density at radius 3 is 2.20 bits per heavy atom. The Bertz CT molecular complexity index is 121. The second-order valence-corrected chi connectivity index (χ2v) is 1.48. The zero-order chi connectivity index (χ0) is 8.41. The summed E-state index contributed by atoms with van der Waals surface area (Å²) in [6, 6.07) is 0. The van der Waals surface area contributed by atoms with Crippen LogP contribution in [0.25, 0.3) is 0 Å². The Hall–Kier alpha value is -0.850. The van der Waals surface area contributed by atoms with E-state index in [-0.39, 0.29) is 0 Å². The molecule has 0 heterocycles. The third-order valence-corrected chi connectivity index (χ3v) is 0.749. The predicted octanol–water partition coefficient (Wildman–Crippen LogP) is 3.19. The van der Waals surface area contributed by atoms with E-state index in [4.69, 9.17) is 0 Å². The van der Waals surface area contributed by atoms with E-state index in [1.807, 2.05) is 27.7 Å². The van der Waals surface area contributed by atoms with E-state index in [1.54, 1.807) is 18.5 Å².